The van der Waals surface area contributed by atoms with E-state index in [9.17, 15) is 14.3 Å². The highest BCUT2D eigenvalue weighted by molar-refractivity contribution is 8.14. The van der Waals surface area contributed by atoms with Gasteiger partial charge in [-0.2, -0.15) is 5.10 Å². The lowest BCUT2D eigenvalue weighted by molar-refractivity contribution is -0.114. The third-order valence-corrected chi connectivity index (χ3v) is 10.8. The molecule has 0 saturated heterocycles. The molecule has 2 N–H and O–H groups in total. The molecule has 200 valence electrons. The van der Waals surface area contributed by atoms with Crippen molar-refractivity contribution in [2.45, 2.75) is 64.9 Å². The van der Waals surface area contributed by atoms with Gasteiger partial charge in [0.2, 0.25) is 5.12 Å². The lowest BCUT2D eigenvalue weighted by Crippen LogP contribution is -2.55. The molecule has 2 aromatic rings. The number of benzene rings is 1. The van der Waals surface area contributed by atoms with E-state index in [2.05, 4.69) is 31.8 Å². The van der Waals surface area contributed by atoms with Crippen LogP contribution in [-0.4, -0.2) is 43.6 Å². The highest BCUT2D eigenvalue weighted by Crippen LogP contribution is 2.65. The van der Waals surface area contributed by atoms with Crippen LogP contribution in [0, 0.1) is 46.2 Å². The van der Waals surface area contributed by atoms with E-state index in [4.69, 9.17) is 10.2 Å². The Bertz CT molecular complexity index is 1360. The Labute approximate surface area is 227 Å². The van der Waals surface area contributed by atoms with E-state index >= 15 is 0 Å². The fourth-order valence-electron chi connectivity index (χ4n) is 8.49. The number of carbonyl (C=O) groups excluding carboxylic acids is 1. The molecule has 1 heterocycles. The van der Waals surface area contributed by atoms with Crippen molar-refractivity contribution in [3.8, 4) is 17.5 Å². The molecule has 0 unspecified atom stereocenters. The molecule has 0 bridgehead atoms. The predicted octanol–water partition coefficient (Wildman–Crippen LogP) is 5.42. The van der Waals surface area contributed by atoms with Crippen LogP contribution >= 0.6 is 11.8 Å². The van der Waals surface area contributed by atoms with Crippen molar-refractivity contribution >= 4 is 23.0 Å². The molecule has 0 spiro atoms. The summed E-state index contributed by atoms with van der Waals surface area (Å²) in [6.45, 7) is 4.44. The van der Waals surface area contributed by atoms with Crippen LogP contribution in [0.4, 0.5) is 4.39 Å². The number of nitrogens with zero attached hydrogens (tertiary/aromatic N) is 2. The molecular formula is C31H35FN2O3S. The highest BCUT2D eigenvalue weighted by atomic mass is 32.2. The Morgan fingerprint density at radius 1 is 1.24 bits per heavy atom. The number of thioether (sulfide) groups is 1. The lowest BCUT2D eigenvalue weighted by Gasteiger charge is -2.59. The van der Waals surface area contributed by atoms with E-state index in [0.29, 0.717) is 29.6 Å². The number of hydrogen-bond acceptors (Lipinski definition) is 5. The summed E-state index contributed by atoms with van der Waals surface area (Å²) in [5.74, 6) is 6.65. The molecule has 1 aromatic heterocycles. The van der Waals surface area contributed by atoms with Gasteiger partial charge in [0.25, 0.3) is 0 Å². The average molecular weight is 535 g/mol. The molecule has 5 nitrogen and oxygen atoms in total. The van der Waals surface area contributed by atoms with E-state index in [1.54, 1.807) is 16.8 Å². The van der Waals surface area contributed by atoms with E-state index in [-0.39, 0.29) is 46.1 Å². The first-order chi connectivity index (χ1) is 18.2. The van der Waals surface area contributed by atoms with Crippen LogP contribution in [-0.2, 0) is 6.42 Å². The second-order valence-corrected chi connectivity index (χ2v) is 13.1. The van der Waals surface area contributed by atoms with E-state index in [1.165, 1.54) is 37.0 Å². The molecule has 3 fully saturated rings. The Morgan fingerprint density at radius 3 is 2.79 bits per heavy atom. The number of aliphatic hydroxyl groups excluding tert-OH is 2. The number of hydrogen-bond donors (Lipinski definition) is 2. The first-order valence-corrected chi connectivity index (χ1v) is 14.7. The fraction of sp³-hybridized carbons (Fsp3) is 0.548. The van der Waals surface area contributed by atoms with Gasteiger partial charge in [-0.25, -0.2) is 9.07 Å². The molecule has 1 aromatic carbocycles. The molecule has 0 amide bonds. The zero-order chi connectivity index (χ0) is 26.7. The van der Waals surface area contributed by atoms with Gasteiger partial charge >= 0.3 is 0 Å². The minimum absolute atomic E-state index is 0.158. The first kappa shape index (κ1) is 25.9. The maximum atomic E-state index is 13.7. The maximum absolute atomic E-state index is 13.7. The zero-order valence-corrected chi connectivity index (χ0v) is 22.9. The number of rotatable bonds is 3. The van der Waals surface area contributed by atoms with Crippen LogP contribution in [0.3, 0.4) is 0 Å². The Morgan fingerprint density at radius 2 is 2.03 bits per heavy atom. The zero-order valence-electron chi connectivity index (χ0n) is 22.0. The molecule has 7 heteroatoms. The second-order valence-electron chi connectivity index (χ2n) is 12.1. The van der Waals surface area contributed by atoms with Crippen molar-refractivity contribution in [2.24, 2.45) is 28.6 Å². The molecular weight excluding hydrogens is 499 g/mol. The van der Waals surface area contributed by atoms with Gasteiger partial charge in [0.05, 0.1) is 23.2 Å². The predicted molar refractivity (Wildman–Crippen MR) is 147 cm³/mol. The normalized spacial score (nSPS) is 33.2. The Balaban J connectivity index is 1.42. The van der Waals surface area contributed by atoms with Crippen LogP contribution in [0.25, 0.3) is 11.8 Å². The van der Waals surface area contributed by atoms with Gasteiger partial charge in [-0.3, -0.25) is 4.79 Å². The van der Waals surface area contributed by atoms with Gasteiger partial charge in [0.1, 0.15) is 18.1 Å². The topological polar surface area (TPSA) is 75.3 Å². The van der Waals surface area contributed by atoms with E-state index in [0.717, 1.165) is 42.3 Å². The van der Waals surface area contributed by atoms with Crippen LogP contribution in [0.15, 0.2) is 29.8 Å². The fourth-order valence-corrected chi connectivity index (χ4v) is 9.10. The molecule has 4 aliphatic rings. The third kappa shape index (κ3) is 4.08. The van der Waals surface area contributed by atoms with Crippen molar-refractivity contribution in [1.29, 1.82) is 0 Å². The van der Waals surface area contributed by atoms with E-state index in [1.807, 2.05) is 0 Å². The van der Waals surface area contributed by atoms with Gasteiger partial charge in [0.15, 0.2) is 0 Å². The molecule has 6 atom stereocenters. The number of aliphatic hydroxyl groups is 2. The summed E-state index contributed by atoms with van der Waals surface area (Å²) in [5, 5.41) is 25.2. The van der Waals surface area contributed by atoms with Gasteiger partial charge in [-0.1, -0.05) is 49.4 Å². The van der Waals surface area contributed by atoms with Crippen molar-refractivity contribution in [3.63, 3.8) is 0 Å². The van der Waals surface area contributed by atoms with Crippen LogP contribution < -0.4 is 0 Å². The number of halogens is 1. The number of allylic oxidation sites excluding steroid dienone is 1. The summed E-state index contributed by atoms with van der Waals surface area (Å²) >= 11 is 1.09. The highest BCUT2D eigenvalue weighted by Gasteiger charge is 2.60. The summed E-state index contributed by atoms with van der Waals surface area (Å²) in [7, 11) is 0. The largest absolute Gasteiger partial charge is 0.393 e. The third-order valence-electron chi connectivity index (χ3n) is 10.1. The summed E-state index contributed by atoms with van der Waals surface area (Å²) in [5.41, 5.74) is 4.22. The van der Waals surface area contributed by atoms with Gasteiger partial charge in [-0.15, -0.1) is 0 Å². The van der Waals surface area contributed by atoms with Crippen molar-refractivity contribution in [2.75, 3.05) is 12.4 Å². The second kappa shape index (κ2) is 9.66. The average Bonchev–Trinajstić information content (AvgIpc) is 3.45. The smallest absolute Gasteiger partial charge is 0.240 e. The van der Waals surface area contributed by atoms with Crippen molar-refractivity contribution < 1.29 is 19.4 Å². The van der Waals surface area contributed by atoms with E-state index < -0.39 is 0 Å². The summed E-state index contributed by atoms with van der Waals surface area (Å²) < 4.78 is 15.5. The first-order valence-electron chi connectivity index (χ1n) is 13.8. The van der Waals surface area contributed by atoms with Crippen LogP contribution in [0.2, 0.25) is 0 Å². The molecule has 6 rings (SSSR count). The standard InChI is InChI=1S/C31H35FN2O3S/c1-30-13-5-6-24(30)22-12-7-19-16-25-23(17-31(19,2)27(22)26(36)18-30)28(29(37)38-15-4-3-14-35)33-34(25)21-10-8-20(32)9-11-21/h8-11,16,22,24,26-27,35-36H,5-7,12-15,17-18H2,1-2H3/t22-,24-,26-,27+,30-,31-/m0/s1. The summed E-state index contributed by atoms with van der Waals surface area (Å²) in [6, 6.07) is 6.19. The van der Waals surface area contributed by atoms with Gasteiger partial charge < -0.3 is 10.2 Å². The van der Waals surface area contributed by atoms with Crippen LogP contribution in [0.1, 0.15) is 74.1 Å². The van der Waals surface area contributed by atoms with Gasteiger partial charge in [0, 0.05) is 5.56 Å². The van der Waals surface area contributed by atoms with Gasteiger partial charge in [-0.05, 0) is 97.5 Å². The van der Waals surface area contributed by atoms with Crippen molar-refractivity contribution in [1.82, 2.24) is 9.78 Å². The summed E-state index contributed by atoms with van der Waals surface area (Å²) in [6.07, 6.45) is 9.14. The van der Waals surface area contributed by atoms with Crippen LogP contribution in [0.5, 0.6) is 0 Å². The number of carbonyl (C=O) groups is 1. The monoisotopic (exact) mass is 534 g/mol. The SMILES string of the molecule is C[C@@]12CCC[C@H]1[C@@H]1CCC3=Cc4c(c(C(=O)SCC#CCO)nn4-c4ccc(F)cc4)C[C@]3(C)[C@H]1[C@@H](O)C2. The molecule has 3 saturated carbocycles. The minimum atomic E-state index is -0.357. The molecule has 4 aliphatic carbocycles. The minimum Gasteiger partial charge on any atom is -0.393 e. The molecule has 0 radical (unpaired) electrons. The van der Waals surface area contributed by atoms with Crippen molar-refractivity contribution in [3.05, 3.63) is 52.6 Å². The number of fused-ring (bicyclic) bond motifs is 6. The lowest BCUT2D eigenvalue weighted by atomic mass is 9.46. The quantitative estimate of drug-likeness (QED) is 0.514. The molecule has 38 heavy (non-hydrogen) atoms. The number of aromatic nitrogens is 2. The Hall–Kier alpha value is -2.40. The molecule has 0 aliphatic heterocycles. The summed E-state index contributed by atoms with van der Waals surface area (Å²) in [4.78, 5) is 13.4. The maximum Gasteiger partial charge on any atom is 0.240 e. The Kier molecular flexibility index (Phi) is 6.57.